The van der Waals surface area contributed by atoms with Crippen LogP contribution in [0.5, 0.6) is 0 Å². The number of hydrogen-bond acceptors (Lipinski definition) is 21. The number of carbonyl (C=O) groups is 18. The number of ether oxygens (including phenoxy) is 2. The van der Waals surface area contributed by atoms with Gasteiger partial charge in [-0.1, -0.05) is 0 Å². The maximum absolute atomic E-state index is 15.7. The van der Waals surface area contributed by atoms with E-state index in [-0.39, 0.29) is 37.7 Å². The molecule has 34 nitrogen and oxygen atoms in total. The van der Waals surface area contributed by atoms with Crippen LogP contribution < -0.4 is 0 Å². The predicted molar refractivity (Wildman–Crippen MR) is 318 cm³/mol. The summed E-state index contributed by atoms with van der Waals surface area (Å²) in [6.07, 6.45) is 10.7. The molecule has 3 aromatic rings. The molecule has 0 atom stereocenters. The van der Waals surface area contributed by atoms with Crippen LogP contribution in [0.2, 0.25) is 0 Å². The molecule has 0 fully saturated rings. The van der Waals surface area contributed by atoms with Crippen molar-refractivity contribution in [1.29, 1.82) is 0 Å². The fraction of sp³-hybridized carbons (Fsp3) is 0.400. The molecule has 0 saturated carbocycles. The topological polar surface area (TPSA) is 598 Å². The quantitative estimate of drug-likeness (QED) is 0.00832. The van der Waals surface area contributed by atoms with E-state index in [0.29, 0.717) is 57.8 Å². The molecule has 3 aromatic carbocycles. The number of unbranched alkanes of at least 4 members (excludes halogenated alkanes) is 15. The average molecular weight is 1360 g/mol. The van der Waals surface area contributed by atoms with Crippen molar-refractivity contribution in [2.75, 3.05) is 18.5 Å². The molecule has 0 bridgehead atoms. The molecule has 0 radical (unpaired) electrons. The Morgan fingerprint density at radius 1 is 0.211 bits per heavy atom. The molecule has 35 heteroatoms. The van der Waals surface area contributed by atoms with Crippen molar-refractivity contribution in [1.82, 2.24) is 0 Å². The summed E-state index contributed by atoms with van der Waals surface area (Å²) < 4.78 is 15.7. The Kier molecular flexibility index (Phi) is 28.5. The van der Waals surface area contributed by atoms with Gasteiger partial charge in [0.05, 0.1) is 0 Å². The Morgan fingerprint density at radius 2 is 0.347 bits per heavy atom. The van der Waals surface area contributed by atoms with Gasteiger partial charge in [0.15, 0.2) is 0 Å². The Labute approximate surface area is 535 Å². The van der Waals surface area contributed by atoms with Crippen molar-refractivity contribution in [3.05, 3.63) is 100 Å². The second-order valence-corrected chi connectivity index (χ2v) is 25.3. The summed E-state index contributed by atoms with van der Waals surface area (Å²) in [5.74, 6) is -50.8. The van der Waals surface area contributed by atoms with Gasteiger partial charge in [0, 0.05) is 0 Å². The van der Waals surface area contributed by atoms with E-state index in [4.69, 9.17) is 9.26 Å². The Hall–Kier alpha value is -11.1. The average Bonchev–Trinajstić information content (AvgIpc) is 0.743. The molecule has 514 valence electrons. The molecule has 0 aliphatic rings. The summed E-state index contributed by atoms with van der Waals surface area (Å²) in [6, 6.07) is 0. The first kappa shape index (κ1) is 78.2. The first-order valence-corrected chi connectivity index (χ1v) is 31.5. The number of carboxylic acid groups (broad SMARTS) is 13. The van der Waals surface area contributed by atoms with Crippen LogP contribution >= 0.6 is 7.49 Å². The third-order valence-corrected chi connectivity index (χ3v) is 19.4. The van der Waals surface area contributed by atoms with E-state index < -0.39 is 215 Å². The van der Waals surface area contributed by atoms with Crippen molar-refractivity contribution in [2.24, 2.45) is 0 Å². The van der Waals surface area contributed by atoms with E-state index in [9.17, 15) is 138 Å². The Bertz CT molecular complexity index is 3590. The van der Waals surface area contributed by atoms with Crippen LogP contribution in [0.3, 0.4) is 0 Å². The van der Waals surface area contributed by atoms with Gasteiger partial charge in [-0.15, -0.1) is 0 Å². The van der Waals surface area contributed by atoms with Crippen LogP contribution in [0, 0.1) is 0 Å². The van der Waals surface area contributed by atoms with Crippen LogP contribution in [0.25, 0.3) is 0 Å². The van der Waals surface area contributed by atoms with E-state index in [0.717, 1.165) is 38.5 Å². The van der Waals surface area contributed by atoms with E-state index in [1.165, 1.54) is 0 Å². The van der Waals surface area contributed by atoms with Gasteiger partial charge in [0.2, 0.25) is 0 Å². The van der Waals surface area contributed by atoms with Crippen molar-refractivity contribution in [3.8, 4) is 0 Å². The summed E-state index contributed by atoms with van der Waals surface area (Å²) >= 11 is 0. The predicted octanol–water partition coefficient (Wildman–Crippen LogP) is 8.66. The van der Waals surface area contributed by atoms with Crippen molar-refractivity contribution < 1.29 is 167 Å². The van der Waals surface area contributed by atoms with Crippen molar-refractivity contribution in [2.45, 2.75) is 136 Å². The first-order valence-electron chi connectivity index (χ1n) is 29.0. The molecule has 0 aromatic heterocycles. The van der Waals surface area contributed by atoms with Crippen LogP contribution in [0.15, 0.2) is 0 Å². The second kappa shape index (κ2) is 34.6. The van der Waals surface area contributed by atoms with Gasteiger partial charge in [-0.05, 0) is 0 Å². The molecule has 0 aliphatic carbocycles. The molecule has 0 aliphatic heterocycles. The number of benzene rings is 3. The van der Waals surface area contributed by atoms with Gasteiger partial charge in [-0.3, -0.25) is 0 Å². The number of aromatic carboxylic acids is 13. The molecular formula is C60H65O34P. The van der Waals surface area contributed by atoms with Gasteiger partial charge >= 0.3 is 497 Å². The molecule has 0 spiro atoms. The summed E-state index contributed by atoms with van der Waals surface area (Å²) in [5.41, 5.74) is -41.8. The van der Waals surface area contributed by atoms with Crippen molar-refractivity contribution >= 4 is 115 Å². The van der Waals surface area contributed by atoms with E-state index >= 15 is 14.4 Å². The molecule has 0 amide bonds. The number of esters is 4. The van der Waals surface area contributed by atoms with E-state index in [1.54, 1.807) is 0 Å². The van der Waals surface area contributed by atoms with Gasteiger partial charge in [-0.25, -0.2) is 19.2 Å². The van der Waals surface area contributed by atoms with Gasteiger partial charge in [0.1, 0.15) is 0 Å². The van der Waals surface area contributed by atoms with Crippen LogP contribution in [0.1, 0.15) is 323 Å². The number of carbonyl (C=O) groups excluding carboxylic acids is 5. The van der Waals surface area contributed by atoms with E-state index in [1.807, 2.05) is 20.8 Å². The molecule has 0 heterocycles. The van der Waals surface area contributed by atoms with Gasteiger partial charge < -0.3 is 20.4 Å². The third kappa shape index (κ3) is 18.2. The fourth-order valence-corrected chi connectivity index (χ4v) is 15.1. The van der Waals surface area contributed by atoms with Crippen LogP contribution in [-0.4, -0.2) is 192 Å². The summed E-state index contributed by atoms with van der Waals surface area (Å²) in [7, 11) is -4.04. The van der Waals surface area contributed by atoms with Gasteiger partial charge in [-0.2, -0.15) is 0 Å². The molecule has 3 rings (SSSR count). The first-order chi connectivity index (χ1) is 44.5. The van der Waals surface area contributed by atoms with E-state index in [2.05, 4.69) is 4.74 Å². The standard InChI is InChI=1S/C60H65O34P/c1-4-7-10-13-16-19-22-95(23-20-17-14-11-8-5-2,24-21-18-15-12-9-6-3)94-60(91)41-37(55(85)86)31(49(73)74)36(54(83)84)40(58(89)92-56(87)38-32(50(75)76)27(45(65)66)25(43(61)62)28(46(67)68)33(38)51(77)78)42(41)59(90)93-57(88)39-34(52(79)80)29(47(69)70)26(44(63)64)30(48(71)72)35(39)53(81)82/h95H,4-24H2,1-3H3,(H,61,62)(H,63,64)(H,65,66)(H,67,68)(H,69,70)(H,71,72)(H,73,74)(H,75,76)(H,77,78)(H,79,80)(H,81,82)(H,83,84)(H,85,86). The molecule has 13 N–H and O–H groups in total. The summed E-state index contributed by atoms with van der Waals surface area (Å²) in [6.45, 7) is 5.78. The zero-order chi connectivity index (χ0) is 72.3. The summed E-state index contributed by atoms with van der Waals surface area (Å²) in [5, 5.41) is 134. The normalized spacial score (nSPS) is 11.1. The number of rotatable bonds is 40. The number of carboxylic acids is 13. The Balaban J connectivity index is 2.92. The molecule has 0 saturated heterocycles. The maximum atomic E-state index is 15.7. The molecule has 0 unspecified atom stereocenters. The third-order valence-electron chi connectivity index (χ3n) is 14.9. The zero-order valence-electron chi connectivity index (χ0n) is 50.7. The molecular weight excluding hydrogens is 1300 g/mol. The number of hydrogen-bond donors (Lipinski definition) is 13. The zero-order valence-corrected chi connectivity index (χ0v) is 51.7. The molecule has 95 heavy (non-hydrogen) atoms. The minimum absolute atomic E-state index is 0.0207. The fourth-order valence-electron chi connectivity index (χ4n) is 10.9. The summed E-state index contributed by atoms with van der Waals surface area (Å²) in [4.78, 5) is 243. The minimum atomic E-state index is -4.04. The van der Waals surface area contributed by atoms with Gasteiger partial charge in [0.25, 0.3) is 0 Å². The SMILES string of the molecule is CCCCCCCC[PH](CCCCCCCC)(CCCCCCCC)OC(=O)c1c(C(=O)O)c(C(=O)O)c(C(=O)O)c(C(=O)OC(=O)c2c(C(=O)O)c(C(=O)O)c(C(=O)O)c(C(=O)O)c2C(=O)O)c1C(=O)OC(=O)c1c(C(=O)O)c(C(=O)O)c(C(=O)O)c(C(=O)O)c1C(=O)O. The second-order valence-electron chi connectivity index (χ2n) is 21.2. The van der Waals surface area contributed by atoms with Crippen LogP contribution in [0.4, 0.5) is 0 Å². The van der Waals surface area contributed by atoms with Crippen molar-refractivity contribution in [3.63, 3.8) is 0 Å². The Morgan fingerprint density at radius 3 is 0.526 bits per heavy atom. The monoisotopic (exact) mass is 1360 g/mol. The van der Waals surface area contributed by atoms with Crippen LogP contribution in [-0.2, 0) is 14.0 Å².